The number of ether oxygens (including phenoxy) is 1. The molecule has 1 heterocycles. The molecule has 5 heteroatoms. The Morgan fingerprint density at radius 3 is 2.32 bits per heavy atom. The topological polar surface area (TPSA) is 50.3 Å². The van der Waals surface area contributed by atoms with Crippen LogP contribution in [0.5, 0.6) is 5.75 Å². The van der Waals surface area contributed by atoms with E-state index in [0.717, 1.165) is 28.4 Å². The van der Waals surface area contributed by atoms with Gasteiger partial charge in [0.15, 0.2) is 0 Å². The lowest BCUT2D eigenvalue weighted by Gasteiger charge is -2.15. The second kappa shape index (κ2) is 7.66. The first-order chi connectivity index (χ1) is 12.2. The van der Waals surface area contributed by atoms with Gasteiger partial charge in [-0.3, -0.25) is 0 Å². The molecule has 25 heavy (non-hydrogen) atoms. The minimum Gasteiger partial charge on any atom is -0.497 e. The van der Waals surface area contributed by atoms with Gasteiger partial charge in [0.05, 0.1) is 12.8 Å². The van der Waals surface area contributed by atoms with Gasteiger partial charge in [0, 0.05) is 32.3 Å². The fraction of sp³-hybridized carbons (Fsp3) is 0.200. The van der Waals surface area contributed by atoms with Gasteiger partial charge in [-0.2, -0.15) is 4.98 Å². The predicted octanol–water partition coefficient (Wildman–Crippen LogP) is 3.83. The molecule has 0 aliphatic rings. The molecule has 3 aromatic rings. The third-order valence-corrected chi connectivity index (χ3v) is 3.82. The summed E-state index contributed by atoms with van der Waals surface area (Å²) < 4.78 is 5.19. The number of nitrogens with one attached hydrogen (secondary N) is 1. The normalized spacial score (nSPS) is 10.4. The van der Waals surface area contributed by atoms with Gasteiger partial charge in [-0.25, -0.2) is 4.98 Å². The lowest BCUT2D eigenvalue weighted by molar-refractivity contribution is 0.414. The van der Waals surface area contributed by atoms with Crippen molar-refractivity contribution in [3.8, 4) is 17.0 Å². The van der Waals surface area contributed by atoms with Crippen LogP contribution in [0.15, 0.2) is 60.7 Å². The monoisotopic (exact) mass is 334 g/mol. The molecule has 0 aliphatic heterocycles. The standard InChI is InChI=1S/C20H22N4O/c1-24(2)20-22-18(16-7-5-4-6-8-16)13-19(23-20)21-14-15-9-11-17(25-3)12-10-15/h4-13H,14H2,1-3H3,(H,21,22,23). The highest BCUT2D eigenvalue weighted by atomic mass is 16.5. The molecule has 0 aliphatic carbocycles. The van der Waals surface area contributed by atoms with Gasteiger partial charge in [-0.15, -0.1) is 0 Å². The van der Waals surface area contributed by atoms with Gasteiger partial charge >= 0.3 is 0 Å². The molecule has 128 valence electrons. The van der Waals surface area contributed by atoms with E-state index in [1.54, 1.807) is 7.11 Å². The molecule has 0 saturated heterocycles. The van der Waals surface area contributed by atoms with Crippen molar-refractivity contribution in [3.05, 3.63) is 66.2 Å². The Hall–Kier alpha value is -3.08. The zero-order valence-corrected chi connectivity index (χ0v) is 14.7. The summed E-state index contributed by atoms with van der Waals surface area (Å²) in [5.74, 6) is 2.33. The van der Waals surface area contributed by atoms with Crippen LogP contribution in [0.3, 0.4) is 0 Å². The van der Waals surface area contributed by atoms with E-state index in [0.29, 0.717) is 12.5 Å². The minimum absolute atomic E-state index is 0.679. The lowest BCUT2D eigenvalue weighted by atomic mass is 10.1. The number of hydrogen-bond donors (Lipinski definition) is 1. The minimum atomic E-state index is 0.679. The Morgan fingerprint density at radius 2 is 1.68 bits per heavy atom. The van der Waals surface area contributed by atoms with Crippen molar-refractivity contribution in [1.29, 1.82) is 0 Å². The van der Waals surface area contributed by atoms with Gasteiger partial charge < -0.3 is 15.0 Å². The summed E-state index contributed by atoms with van der Waals surface area (Å²) in [5, 5.41) is 3.39. The van der Waals surface area contributed by atoms with E-state index in [4.69, 9.17) is 4.74 Å². The Balaban J connectivity index is 1.83. The van der Waals surface area contributed by atoms with Crippen LogP contribution >= 0.6 is 0 Å². The largest absolute Gasteiger partial charge is 0.497 e. The second-order valence-corrected chi connectivity index (χ2v) is 5.90. The summed E-state index contributed by atoms with van der Waals surface area (Å²) >= 11 is 0. The first-order valence-electron chi connectivity index (χ1n) is 8.14. The van der Waals surface area contributed by atoms with Crippen LogP contribution in [0.1, 0.15) is 5.56 Å². The van der Waals surface area contributed by atoms with Crippen LogP contribution in [0.4, 0.5) is 11.8 Å². The van der Waals surface area contributed by atoms with E-state index >= 15 is 0 Å². The zero-order chi connectivity index (χ0) is 17.6. The summed E-state index contributed by atoms with van der Waals surface area (Å²) in [4.78, 5) is 11.1. The molecule has 0 amide bonds. The van der Waals surface area contributed by atoms with E-state index < -0.39 is 0 Å². The fourth-order valence-corrected chi connectivity index (χ4v) is 2.42. The van der Waals surface area contributed by atoms with Crippen LogP contribution in [-0.4, -0.2) is 31.2 Å². The van der Waals surface area contributed by atoms with Crippen molar-refractivity contribution in [2.24, 2.45) is 0 Å². The maximum Gasteiger partial charge on any atom is 0.227 e. The molecule has 0 atom stereocenters. The van der Waals surface area contributed by atoms with E-state index in [2.05, 4.69) is 27.4 Å². The molecule has 0 spiro atoms. The molecular weight excluding hydrogens is 312 g/mol. The quantitative estimate of drug-likeness (QED) is 0.742. The molecular formula is C20H22N4O. The number of nitrogens with zero attached hydrogens (tertiary/aromatic N) is 3. The first kappa shape index (κ1) is 16.8. The molecule has 0 unspecified atom stereocenters. The number of anilines is 2. The third-order valence-electron chi connectivity index (χ3n) is 3.82. The summed E-state index contributed by atoms with van der Waals surface area (Å²) in [6.07, 6.45) is 0. The Kier molecular flexibility index (Phi) is 5.14. The van der Waals surface area contributed by atoms with Gasteiger partial charge in [-0.1, -0.05) is 42.5 Å². The first-order valence-corrected chi connectivity index (χ1v) is 8.14. The SMILES string of the molecule is COc1ccc(CNc2cc(-c3ccccc3)nc(N(C)C)n2)cc1. The molecule has 0 bridgehead atoms. The van der Waals surface area contributed by atoms with E-state index in [1.807, 2.05) is 67.5 Å². The average molecular weight is 334 g/mol. The van der Waals surface area contributed by atoms with Crippen LogP contribution in [0.2, 0.25) is 0 Å². The van der Waals surface area contributed by atoms with Crippen LogP contribution < -0.4 is 15.0 Å². The predicted molar refractivity (Wildman–Crippen MR) is 102 cm³/mol. The zero-order valence-electron chi connectivity index (χ0n) is 14.7. The van der Waals surface area contributed by atoms with Crippen LogP contribution in [-0.2, 0) is 6.54 Å². The fourth-order valence-electron chi connectivity index (χ4n) is 2.42. The summed E-state index contributed by atoms with van der Waals surface area (Å²) in [6.45, 7) is 0.683. The highest BCUT2D eigenvalue weighted by Gasteiger charge is 2.08. The molecule has 0 radical (unpaired) electrons. The van der Waals surface area contributed by atoms with Crippen molar-refractivity contribution in [1.82, 2.24) is 9.97 Å². The van der Waals surface area contributed by atoms with Gasteiger partial charge in [0.1, 0.15) is 11.6 Å². The van der Waals surface area contributed by atoms with Crippen LogP contribution in [0.25, 0.3) is 11.3 Å². The number of benzene rings is 2. The Morgan fingerprint density at radius 1 is 0.960 bits per heavy atom. The highest BCUT2D eigenvalue weighted by Crippen LogP contribution is 2.22. The highest BCUT2D eigenvalue weighted by molar-refractivity contribution is 5.64. The van der Waals surface area contributed by atoms with Gasteiger partial charge in [-0.05, 0) is 17.7 Å². The maximum atomic E-state index is 5.19. The van der Waals surface area contributed by atoms with E-state index in [9.17, 15) is 0 Å². The summed E-state index contributed by atoms with van der Waals surface area (Å²) in [7, 11) is 5.55. The smallest absolute Gasteiger partial charge is 0.227 e. The molecule has 1 aromatic heterocycles. The van der Waals surface area contributed by atoms with Crippen molar-refractivity contribution in [3.63, 3.8) is 0 Å². The average Bonchev–Trinajstić information content (AvgIpc) is 2.67. The molecule has 0 fully saturated rings. The lowest BCUT2D eigenvalue weighted by Crippen LogP contribution is -2.14. The Labute approximate surface area is 148 Å². The number of aromatic nitrogens is 2. The van der Waals surface area contributed by atoms with E-state index in [1.165, 1.54) is 0 Å². The van der Waals surface area contributed by atoms with Crippen molar-refractivity contribution in [2.75, 3.05) is 31.4 Å². The van der Waals surface area contributed by atoms with Gasteiger partial charge in [0.25, 0.3) is 0 Å². The molecule has 3 rings (SSSR count). The van der Waals surface area contributed by atoms with Crippen molar-refractivity contribution >= 4 is 11.8 Å². The molecule has 0 saturated carbocycles. The summed E-state index contributed by atoms with van der Waals surface area (Å²) in [6, 6.07) is 20.1. The second-order valence-electron chi connectivity index (χ2n) is 5.90. The number of methoxy groups -OCH3 is 1. The molecule has 5 nitrogen and oxygen atoms in total. The Bertz CT molecular complexity index is 817. The van der Waals surface area contributed by atoms with Gasteiger partial charge in [0.2, 0.25) is 5.95 Å². The van der Waals surface area contributed by atoms with E-state index in [-0.39, 0.29) is 0 Å². The molecule has 1 N–H and O–H groups in total. The molecule has 2 aromatic carbocycles. The van der Waals surface area contributed by atoms with Crippen molar-refractivity contribution < 1.29 is 4.74 Å². The maximum absolute atomic E-state index is 5.19. The summed E-state index contributed by atoms with van der Waals surface area (Å²) in [5.41, 5.74) is 3.13. The third kappa shape index (κ3) is 4.26. The number of rotatable bonds is 6. The van der Waals surface area contributed by atoms with Crippen LogP contribution in [0, 0.1) is 0 Å². The number of hydrogen-bond acceptors (Lipinski definition) is 5. The van der Waals surface area contributed by atoms with Crippen molar-refractivity contribution in [2.45, 2.75) is 6.54 Å².